The molecule has 0 bridgehead atoms. The van der Waals surface area contributed by atoms with Gasteiger partial charge < -0.3 is 20.6 Å². The van der Waals surface area contributed by atoms with E-state index < -0.39 is 18.3 Å². The maximum atomic E-state index is 12.1. The Kier molecular flexibility index (Phi) is 11.3. The monoisotopic (exact) mass is 469 g/mol. The Hall–Kier alpha value is -1.95. The second-order valence-corrected chi connectivity index (χ2v) is 10.1. The number of aliphatic hydroxyl groups is 3. The third-order valence-electron chi connectivity index (χ3n) is 7.36. The molecule has 1 aromatic carbocycles. The lowest BCUT2D eigenvalue weighted by atomic mass is 9.89. The summed E-state index contributed by atoms with van der Waals surface area (Å²) in [5, 5.41) is 34.4. The van der Waals surface area contributed by atoms with Crippen molar-refractivity contribution in [2.45, 2.75) is 101 Å². The molecule has 0 spiro atoms. The highest BCUT2D eigenvalue weighted by atomic mass is 16.3. The number of amides is 1. The van der Waals surface area contributed by atoms with E-state index in [4.69, 9.17) is 0 Å². The Labute approximate surface area is 205 Å². The molecule has 0 heterocycles. The van der Waals surface area contributed by atoms with E-state index in [9.17, 15) is 20.1 Å². The zero-order chi connectivity index (χ0) is 24.2. The van der Waals surface area contributed by atoms with Crippen molar-refractivity contribution in [3.05, 3.63) is 60.2 Å². The van der Waals surface area contributed by atoms with Gasteiger partial charge in [-0.1, -0.05) is 73.9 Å². The molecule has 0 aromatic heterocycles. The first-order valence-corrected chi connectivity index (χ1v) is 13.2. The average molecular weight is 470 g/mol. The van der Waals surface area contributed by atoms with E-state index in [1.54, 1.807) is 6.08 Å². The minimum atomic E-state index is -0.588. The molecule has 3 rings (SSSR count). The fourth-order valence-electron chi connectivity index (χ4n) is 5.32. The normalized spacial score (nSPS) is 26.9. The highest BCUT2D eigenvalue weighted by Gasteiger charge is 2.39. The fourth-order valence-corrected chi connectivity index (χ4v) is 5.32. The molecule has 2 saturated carbocycles. The van der Waals surface area contributed by atoms with Gasteiger partial charge in [-0.05, 0) is 56.4 Å². The summed E-state index contributed by atoms with van der Waals surface area (Å²) in [6.07, 6.45) is 16.8. The van der Waals surface area contributed by atoms with Crippen LogP contribution in [-0.4, -0.2) is 45.6 Å². The first-order chi connectivity index (χ1) is 16.5. The van der Waals surface area contributed by atoms with Gasteiger partial charge in [-0.25, -0.2) is 0 Å². The van der Waals surface area contributed by atoms with E-state index in [0.717, 1.165) is 32.1 Å². The van der Waals surface area contributed by atoms with Gasteiger partial charge >= 0.3 is 0 Å². The van der Waals surface area contributed by atoms with Gasteiger partial charge in [-0.15, -0.1) is 0 Å². The van der Waals surface area contributed by atoms with Gasteiger partial charge in [-0.2, -0.15) is 0 Å². The molecular weight excluding hydrogens is 426 g/mol. The molecule has 0 radical (unpaired) electrons. The van der Waals surface area contributed by atoms with Crippen LogP contribution >= 0.6 is 0 Å². The van der Waals surface area contributed by atoms with Gasteiger partial charge in [0.1, 0.15) is 0 Å². The number of hydrogen-bond acceptors (Lipinski definition) is 4. The first kappa shape index (κ1) is 26.7. The van der Waals surface area contributed by atoms with E-state index >= 15 is 0 Å². The number of aliphatic hydroxyl groups excluding tert-OH is 3. The molecule has 2 aliphatic carbocycles. The number of carbonyl (C=O) groups excluding carboxylic acids is 1. The summed E-state index contributed by atoms with van der Waals surface area (Å²) in [6, 6.07) is 10.5. The van der Waals surface area contributed by atoms with Crippen LogP contribution in [0.2, 0.25) is 0 Å². The smallest absolute Gasteiger partial charge is 0.220 e. The predicted octanol–water partition coefficient (Wildman–Crippen LogP) is 4.46. The highest BCUT2D eigenvalue weighted by Crippen LogP contribution is 2.36. The molecule has 4 N–H and O–H groups in total. The topological polar surface area (TPSA) is 89.8 Å². The van der Waals surface area contributed by atoms with Crippen LogP contribution in [0.15, 0.2) is 54.6 Å². The molecule has 5 atom stereocenters. The van der Waals surface area contributed by atoms with E-state index in [0.29, 0.717) is 31.7 Å². The number of rotatable bonds is 12. The van der Waals surface area contributed by atoms with Gasteiger partial charge in [-0.3, -0.25) is 4.79 Å². The molecule has 0 aliphatic heterocycles. The molecule has 34 heavy (non-hydrogen) atoms. The third kappa shape index (κ3) is 9.01. The standard InChI is InChI=1S/C29H43NO4/c31-24(18-17-22-11-5-3-6-12-22)19-20-26-25(27(32)21-28(26)33)15-9-1-2-10-16-29(34)30-23-13-7-4-8-14-23/h1,3,5-6,9,11-12,19-20,23-28,31-33H,2,4,7-8,10,13-18,21H2,(H,30,34). The maximum Gasteiger partial charge on any atom is 0.220 e. The fraction of sp³-hybridized carbons (Fsp3) is 0.621. The van der Waals surface area contributed by atoms with Crippen molar-refractivity contribution in [2.75, 3.05) is 0 Å². The molecule has 1 aromatic rings. The van der Waals surface area contributed by atoms with Crippen molar-refractivity contribution in [3.63, 3.8) is 0 Å². The van der Waals surface area contributed by atoms with Crippen LogP contribution in [-0.2, 0) is 11.2 Å². The van der Waals surface area contributed by atoms with E-state index in [2.05, 4.69) is 29.6 Å². The van der Waals surface area contributed by atoms with Crippen LogP contribution in [0.5, 0.6) is 0 Å². The maximum absolute atomic E-state index is 12.1. The van der Waals surface area contributed by atoms with E-state index in [-0.39, 0.29) is 17.7 Å². The van der Waals surface area contributed by atoms with Gasteiger partial charge in [0, 0.05) is 24.8 Å². The summed E-state index contributed by atoms with van der Waals surface area (Å²) in [7, 11) is 0. The first-order valence-electron chi connectivity index (χ1n) is 13.2. The van der Waals surface area contributed by atoms with Crippen LogP contribution < -0.4 is 5.32 Å². The molecule has 188 valence electrons. The van der Waals surface area contributed by atoms with Crippen LogP contribution in [0.4, 0.5) is 0 Å². The SMILES string of the molecule is O=C(CCCC=CCC1C(O)CC(O)C1C=CC(O)CCc1ccccc1)NC1CCCCC1. The Morgan fingerprint density at radius 2 is 1.82 bits per heavy atom. The molecular formula is C29H43NO4. The predicted molar refractivity (Wildman–Crippen MR) is 136 cm³/mol. The number of allylic oxidation sites excluding steroid dienone is 2. The number of unbranched alkanes of at least 4 members (excludes halogenated alkanes) is 1. The second-order valence-electron chi connectivity index (χ2n) is 10.1. The zero-order valence-corrected chi connectivity index (χ0v) is 20.4. The van der Waals surface area contributed by atoms with Crippen molar-refractivity contribution < 1.29 is 20.1 Å². The number of carbonyl (C=O) groups is 1. The van der Waals surface area contributed by atoms with Crippen molar-refractivity contribution in [1.82, 2.24) is 5.32 Å². The number of benzene rings is 1. The number of aryl methyl sites for hydroxylation is 1. The lowest BCUT2D eigenvalue weighted by molar-refractivity contribution is -0.122. The van der Waals surface area contributed by atoms with Crippen molar-refractivity contribution in [1.29, 1.82) is 0 Å². The lowest BCUT2D eigenvalue weighted by Gasteiger charge is -2.22. The summed E-state index contributed by atoms with van der Waals surface area (Å²) in [6.45, 7) is 0. The third-order valence-corrected chi connectivity index (χ3v) is 7.36. The Morgan fingerprint density at radius 1 is 1.06 bits per heavy atom. The molecule has 2 fully saturated rings. The minimum absolute atomic E-state index is 0.0570. The van der Waals surface area contributed by atoms with E-state index in [1.807, 2.05) is 24.3 Å². The zero-order valence-electron chi connectivity index (χ0n) is 20.4. The van der Waals surface area contributed by atoms with E-state index in [1.165, 1.54) is 24.8 Å². The average Bonchev–Trinajstić information content (AvgIpc) is 3.11. The van der Waals surface area contributed by atoms with Gasteiger partial charge in [0.05, 0.1) is 18.3 Å². The molecule has 1 amide bonds. The minimum Gasteiger partial charge on any atom is -0.393 e. The van der Waals surface area contributed by atoms with Crippen LogP contribution in [0, 0.1) is 11.8 Å². The summed E-state index contributed by atoms with van der Waals surface area (Å²) < 4.78 is 0. The Bertz CT molecular complexity index is 772. The van der Waals surface area contributed by atoms with Crippen molar-refractivity contribution in [2.24, 2.45) is 11.8 Å². The Morgan fingerprint density at radius 3 is 2.59 bits per heavy atom. The molecule has 5 heteroatoms. The van der Waals surface area contributed by atoms with Crippen molar-refractivity contribution in [3.8, 4) is 0 Å². The van der Waals surface area contributed by atoms with Gasteiger partial charge in [0.2, 0.25) is 5.91 Å². The van der Waals surface area contributed by atoms with Gasteiger partial charge in [0.15, 0.2) is 0 Å². The Balaban J connectivity index is 1.36. The summed E-state index contributed by atoms with van der Waals surface area (Å²) in [5.74, 6) is -0.0589. The van der Waals surface area contributed by atoms with Crippen LogP contribution in [0.1, 0.15) is 76.2 Å². The summed E-state index contributed by atoms with van der Waals surface area (Å²) in [5.41, 5.74) is 1.20. The number of hydrogen-bond donors (Lipinski definition) is 4. The molecule has 5 nitrogen and oxygen atoms in total. The highest BCUT2D eigenvalue weighted by molar-refractivity contribution is 5.76. The summed E-state index contributed by atoms with van der Waals surface area (Å²) in [4.78, 5) is 12.1. The molecule has 2 aliphatic rings. The van der Waals surface area contributed by atoms with Crippen LogP contribution in [0.25, 0.3) is 0 Å². The van der Waals surface area contributed by atoms with Gasteiger partial charge in [0.25, 0.3) is 0 Å². The van der Waals surface area contributed by atoms with Crippen molar-refractivity contribution >= 4 is 5.91 Å². The number of nitrogens with one attached hydrogen (secondary N) is 1. The lowest BCUT2D eigenvalue weighted by Crippen LogP contribution is -2.35. The quantitative estimate of drug-likeness (QED) is 0.269. The van der Waals surface area contributed by atoms with Crippen LogP contribution in [0.3, 0.4) is 0 Å². The molecule has 5 unspecified atom stereocenters. The summed E-state index contributed by atoms with van der Waals surface area (Å²) >= 11 is 0. The molecule has 0 saturated heterocycles. The largest absolute Gasteiger partial charge is 0.393 e. The second kappa shape index (κ2) is 14.4.